The Hall–Kier alpha value is -1.81. The second kappa shape index (κ2) is 4.38. The standard InChI is InChI=1S/C10H13N5O4/c11-8-5-9(13-2-12-8)15(3-14-5)10-7(18)6(17)4(1-16)19-10/h2-4,6-7,10,16-18H,1H2,(H2,11,12,13)/t4-,6-,7-,10-/m1/s1/i1D2. The minimum absolute atomic E-state index is 0.140. The molecule has 0 bridgehead atoms. The summed E-state index contributed by atoms with van der Waals surface area (Å²) in [5, 5.41) is 29.2. The van der Waals surface area contributed by atoms with Crippen molar-refractivity contribution in [2.75, 3.05) is 12.3 Å². The smallest absolute Gasteiger partial charge is 0.167 e. The highest BCUT2D eigenvalue weighted by atomic mass is 16.6. The molecule has 4 atom stereocenters. The molecule has 0 aromatic carbocycles. The molecule has 2 aromatic heterocycles. The second-order valence-corrected chi connectivity index (χ2v) is 4.14. The lowest BCUT2D eigenvalue weighted by Crippen LogP contribution is -2.33. The largest absolute Gasteiger partial charge is 0.394 e. The van der Waals surface area contributed by atoms with Gasteiger partial charge in [0.2, 0.25) is 0 Å². The SMILES string of the molecule is [2H]C([2H])(O)[C@H]1O[C@@H](n2cnc3c(N)ncnc32)[C@H](O)[C@@H]1O. The van der Waals surface area contributed by atoms with Crippen LogP contribution in [-0.4, -0.2) is 59.7 Å². The predicted octanol–water partition coefficient (Wildman–Crippen LogP) is -1.98. The van der Waals surface area contributed by atoms with Crippen LogP contribution >= 0.6 is 0 Å². The molecule has 0 unspecified atom stereocenters. The first-order valence-corrected chi connectivity index (χ1v) is 5.47. The van der Waals surface area contributed by atoms with Gasteiger partial charge < -0.3 is 25.8 Å². The van der Waals surface area contributed by atoms with Gasteiger partial charge in [-0.05, 0) is 0 Å². The van der Waals surface area contributed by atoms with Crippen LogP contribution < -0.4 is 5.73 Å². The molecule has 3 rings (SSSR count). The average Bonchev–Trinajstić information content (AvgIpc) is 2.93. The summed E-state index contributed by atoms with van der Waals surface area (Å²) in [6, 6.07) is 0. The maximum absolute atomic E-state index is 10.0. The fourth-order valence-corrected chi connectivity index (χ4v) is 2.05. The summed E-state index contributed by atoms with van der Waals surface area (Å²) in [6.07, 6.45) is -3.35. The number of imidazole rings is 1. The molecule has 1 fully saturated rings. The van der Waals surface area contributed by atoms with E-state index in [4.69, 9.17) is 13.2 Å². The van der Waals surface area contributed by atoms with E-state index in [-0.39, 0.29) is 11.5 Å². The van der Waals surface area contributed by atoms with Crippen LogP contribution in [0.4, 0.5) is 5.82 Å². The van der Waals surface area contributed by atoms with Crippen molar-refractivity contribution in [1.29, 1.82) is 0 Å². The number of ether oxygens (including phenoxy) is 1. The lowest BCUT2D eigenvalue weighted by atomic mass is 10.1. The third-order valence-corrected chi connectivity index (χ3v) is 3.03. The van der Waals surface area contributed by atoms with Gasteiger partial charge in [-0.15, -0.1) is 0 Å². The second-order valence-electron chi connectivity index (χ2n) is 4.14. The lowest BCUT2D eigenvalue weighted by Gasteiger charge is -2.16. The normalized spacial score (nSPS) is 33.4. The quantitative estimate of drug-likeness (QED) is 0.491. The molecule has 102 valence electrons. The number of nitrogen functional groups attached to an aromatic ring is 1. The van der Waals surface area contributed by atoms with Gasteiger partial charge >= 0.3 is 0 Å². The molecule has 1 saturated heterocycles. The number of hydrogen-bond donors (Lipinski definition) is 4. The zero-order chi connectivity index (χ0) is 15.4. The van der Waals surface area contributed by atoms with Gasteiger partial charge in [-0.25, -0.2) is 15.0 Å². The van der Waals surface area contributed by atoms with Gasteiger partial charge in [-0.2, -0.15) is 0 Å². The summed E-state index contributed by atoms with van der Waals surface area (Å²) in [5.74, 6) is 0.140. The molecule has 5 N–H and O–H groups in total. The summed E-state index contributed by atoms with van der Waals surface area (Å²) < 4.78 is 21.0. The van der Waals surface area contributed by atoms with Gasteiger partial charge in [0.15, 0.2) is 17.7 Å². The van der Waals surface area contributed by atoms with Crippen molar-refractivity contribution < 1.29 is 22.8 Å². The molecular weight excluding hydrogens is 254 g/mol. The van der Waals surface area contributed by atoms with E-state index >= 15 is 0 Å². The lowest BCUT2D eigenvalue weighted by molar-refractivity contribution is -0.0511. The van der Waals surface area contributed by atoms with E-state index in [1.165, 1.54) is 17.2 Å². The summed E-state index contributed by atoms with van der Waals surface area (Å²) >= 11 is 0. The predicted molar refractivity (Wildman–Crippen MR) is 62.7 cm³/mol. The van der Waals surface area contributed by atoms with E-state index in [1.807, 2.05) is 0 Å². The van der Waals surface area contributed by atoms with Gasteiger partial charge in [0.1, 0.15) is 30.2 Å². The number of aliphatic hydroxyl groups is 3. The van der Waals surface area contributed by atoms with Gasteiger partial charge in [0.05, 0.1) is 15.6 Å². The van der Waals surface area contributed by atoms with Crippen molar-refractivity contribution >= 4 is 17.0 Å². The summed E-state index contributed by atoms with van der Waals surface area (Å²) in [4.78, 5) is 11.7. The molecule has 0 spiro atoms. The molecule has 0 aliphatic carbocycles. The maximum atomic E-state index is 10.0. The van der Waals surface area contributed by atoms with Crippen LogP contribution in [0.25, 0.3) is 11.2 Å². The maximum Gasteiger partial charge on any atom is 0.167 e. The zero-order valence-electron chi connectivity index (χ0n) is 11.6. The van der Waals surface area contributed by atoms with Crippen LogP contribution in [0.15, 0.2) is 12.7 Å². The highest BCUT2D eigenvalue weighted by molar-refractivity contribution is 5.81. The van der Waals surface area contributed by atoms with E-state index in [9.17, 15) is 15.3 Å². The molecular formula is C10H13N5O4. The number of hydrogen-bond acceptors (Lipinski definition) is 8. The molecule has 2 aromatic rings. The van der Waals surface area contributed by atoms with Crippen molar-refractivity contribution in [3.63, 3.8) is 0 Å². The van der Waals surface area contributed by atoms with Gasteiger partial charge in [-0.3, -0.25) is 4.57 Å². The van der Waals surface area contributed by atoms with E-state index in [1.54, 1.807) is 0 Å². The molecule has 3 heterocycles. The molecule has 19 heavy (non-hydrogen) atoms. The fourth-order valence-electron chi connectivity index (χ4n) is 2.05. The minimum atomic E-state index is -2.81. The Labute approximate surface area is 110 Å². The topological polar surface area (TPSA) is 140 Å². The number of anilines is 1. The summed E-state index contributed by atoms with van der Waals surface area (Å²) in [5.41, 5.74) is 6.20. The third-order valence-electron chi connectivity index (χ3n) is 3.03. The minimum Gasteiger partial charge on any atom is -0.394 e. The first-order chi connectivity index (χ1) is 9.80. The van der Waals surface area contributed by atoms with E-state index in [0.29, 0.717) is 5.52 Å². The molecule has 1 aliphatic heterocycles. The number of aromatic nitrogens is 4. The van der Waals surface area contributed by atoms with Gasteiger partial charge in [-0.1, -0.05) is 0 Å². The number of aliphatic hydroxyl groups excluding tert-OH is 2. The zero-order valence-corrected chi connectivity index (χ0v) is 9.58. The van der Waals surface area contributed by atoms with E-state index in [0.717, 1.165) is 0 Å². The molecule has 9 heteroatoms. The first-order valence-electron chi connectivity index (χ1n) is 6.47. The van der Waals surface area contributed by atoms with Crippen LogP contribution in [0, 0.1) is 0 Å². The van der Waals surface area contributed by atoms with Crippen molar-refractivity contribution in [2.45, 2.75) is 24.5 Å². The van der Waals surface area contributed by atoms with Crippen molar-refractivity contribution in [3.8, 4) is 0 Å². The van der Waals surface area contributed by atoms with Gasteiger partial charge in [0.25, 0.3) is 0 Å². The average molecular weight is 269 g/mol. The van der Waals surface area contributed by atoms with Crippen molar-refractivity contribution in [1.82, 2.24) is 19.5 Å². The summed E-state index contributed by atoms with van der Waals surface area (Å²) in [6.45, 7) is -2.81. The Morgan fingerprint density at radius 3 is 2.84 bits per heavy atom. The number of nitrogens with zero attached hydrogens (tertiary/aromatic N) is 4. The van der Waals surface area contributed by atoms with Crippen LogP contribution in [0.3, 0.4) is 0 Å². The number of rotatable bonds is 2. The third kappa shape index (κ3) is 1.75. The van der Waals surface area contributed by atoms with Crippen LogP contribution in [0.5, 0.6) is 0 Å². The molecule has 9 nitrogen and oxygen atoms in total. The van der Waals surface area contributed by atoms with Crippen LogP contribution in [-0.2, 0) is 4.74 Å². The fraction of sp³-hybridized carbons (Fsp3) is 0.500. The number of nitrogens with two attached hydrogens (primary N) is 1. The van der Waals surface area contributed by atoms with E-state index in [2.05, 4.69) is 15.0 Å². The Morgan fingerprint density at radius 2 is 2.16 bits per heavy atom. The number of fused-ring (bicyclic) bond motifs is 1. The van der Waals surface area contributed by atoms with E-state index < -0.39 is 31.1 Å². The Bertz CT molecular complexity index is 675. The van der Waals surface area contributed by atoms with Crippen LogP contribution in [0.1, 0.15) is 8.97 Å². The van der Waals surface area contributed by atoms with Crippen molar-refractivity contribution in [2.24, 2.45) is 0 Å². The molecule has 0 radical (unpaired) electrons. The Kier molecular flexibility index (Phi) is 2.32. The summed E-state index contributed by atoms with van der Waals surface area (Å²) in [7, 11) is 0. The molecule has 1 aliphatic rings. The van der Waals surface area contributed by atoms with Crippen LogP contribution in [0.2, 0.25) is 0 Å². The van der Waals surface area contributed by atoms with Crippen molar-refractivity contribution in [3.05, 3.63) is 12.7 Å². The highest BCUT2D eigenvalue weighted by Gasteiger charge is 2.43. The molecule has 0 saturated carbocycles. The van der Waals surface area contributed by atoms with Gasteiger partial charge in [0, 0.05) is 0 Å². The Morgan fingerprint density at radius 1 is 1.37 bits per heavy atom. The first kappa shape index (κ1) is 10.0. The Balaban J connectivity index is 2.02. The monoisotopic (exact) mass is 269 g/mol. The molecule has 0 amide bonds. The highest BCUT2D eigenvalue weighted by Crippen LogP contribution is 2.31.